The molecule has 3 heteroatoms. The smallest absolute Gasteiger partial charge is 0.334 e. The first kappa shape index (κ1) is 16.5. The lowest BCUT2D eigenvalue weighted by Gasteiger charge is -2.18. The van der Waals surface area contributed by atoms with Crippen molar-refractivity contribution in [2.75, 3.05) is 6.61 Å². The number of esters is 1. The molecule has 3 rings (SSSR count). The Labute approximate surface area is 142 Å². The largest absolute Gasteiger partial charge is 0.453 e. The molecule has 1 aliphatic heterocycles. The lowest BCUT2D eigenvalue weighted by molar-refractivity contribution is -0.139. The van der Waals surface area contributed by atoms with Crippen molar-refractivity contribution in [2.24, 2.45) is 5.92 Å². The maximum atomic E-state index is 11.9. The Kier molecular flexibility index (Phi) is 5.44. The fraction of sp³-hybridized carbons (Fsp3) is 0.286. The van der Waals surface area contributed by atoms with Crippen molar-refractivity contribution in [3.05, 3.63) is 83.9 Å². The van der Waals surface area contributed by atoms with Crippen molar-refractivity contribution in [3.8, 4) is 0 Å². The van der Waals surface area contributed by atoms with Crippen LogP contribution in [0.3, 0.4) is 0 Å². The van der Waals surface area contributed by atoms with E-state index in [0.717, 1.165) is 18.4 Å². The first-order valence-electron chi connectivity index (χ1n) is 8.32. The highest BCUT2D eigenvalue weighted by atomic mass is 16.6. The molecule has 1 fully saturated rings. The number of hydrogen-bond donors (Lipinski definition) is 0. The van der Waals surface area contributed by atoms with Crippen LogP contribution in [0, 0.1) is 5.92 Å². The van der Waals surface area contributed by atoms with Gasteiger partial charge < -0.3 is 9.47 Å². The van der Waals surface area contributed by atoms with Gasteiger partial charge in [0, 0.05) is 18.1 Å². The highest BCUT2D eigenvalue weighted by Crippen LogP contribution is 2.40. The molecule has 1 saturated heterocycles. The number of hydrogen-bond acceptors (Lipinski definition) is 3. The average molecular weight is 322 g/mol. The number of carbonyl (C=O) groups excluding carboxylic acids is 1. The Bertz CT molecular complexity index is 679. The minimum absolute atomic E-state index is 0.0280. The molecule has 0 saturated carbocycles. The monoisotopic (exact) mass is 322 g/mol. The molecule has 24 heavy (non-hydrogen) atoms. The molecule has 3 nitrogen and oxygen atoms in total. The lowest BCUT2D eigenvalue weighted by Crippen LogP contribution is -2.10. The summed E-state index contributed by atoms with van der Waals surface area (Å²) in [5, 5.41) is 0. The molecule has 0 bridgehead atoms. The predicted molar refractivity (Wildman–Crippen MR) is 93.2 cm³/mol. The lowest BCUT2D eigenvalue weighted by atomic mass is 9.88. The van der Waals surface area contributed by atoms with E-state index < -0.39 is 0 Å². The minimum Gasteiger partial charge on any atom is -0.453 e. The highest BCUT2D eigenvalue weighted by molar-refractivity contribution is 5.90. The van der Waals surface area contributed by atoms with Gasteiger partial charge in [-0.15, -0.1) is 0 Å². The zero-order valence-electron chi connectivity index (χ0n) is 13.7. The molecule has 0 spiro atoms. The summed E-state index contributed by atoms with van der Waals surface area (Å²) in [6, 6.07) is 20.0. The van der Waals surface area contributed by atoms with E-state index in [4.69, 9.17) is 9.47 Å². The summed E-state index contributed by atoms with van der Waals surface area (Å²) in [5.41, 5.74) is 2.77. The van der Waals surface area contributed by atoms with Gasteiger partial charge in [-0.2, -0.15) is 0 Å². The van der Waals surface area contributed by atoms with Gasteiger partial charge in [-0.3, -0.25) is 0 Å². The SMILES string of the molecule is C=C1C(=O)O[C@H](c2ccccc2)[C@@H]1CCCOCc1ccccc1. The fourth-order valence-electron chi connectivity index (χ4n) is 3.05. The summed E-state index contributed by atoms with van der Waals surface area (Å²) in [7, 11) is 0. The second-order valence-electron chi connectivity index (χ2n) is 6.05. The van der Waals surface area contributed by atoms with Crippen LogP contribution in [0.2, 0.25) is 0 Å². The summed E-state index contributed by atoms with van der Waals surface area (Å²) in [6.07, 6.45) is 1.48. The molecule has 124 valence electrons. The van der Waals surface area contributed by atoms with Crippen LogP contribution >= 0.6 is 0 Å². The molecule has 0 aliphatic carbocycles. The van der Waals surface area contributed by atoms with E-state index in [1.807, 2.05) is 48.5 Å². The molecule has 1 aliphatic rings. The van der Waals surface area contributed by atoms with Gasteiger partial charge in [0.25, 0.3) is 0 Å². The third-order valence-electron chi connectivity index (χ3n) is 4.35. The van der Waals surface area contributed by atoms with Crippen LogP contribution in [0.15, 0.2) is 72.8 Å². The average Bonchev–Trinajstić information content (AvgIpc) is 2.91. The van der Waals surface area contributed by atoms with Gasteiger partial charge in [0.05, 0.1) is 6.61 Å². The van der Waals surface area contributed by atoms with Crippen LogP contribution in [-0.2, 0) is 20.9 Å². The predicted octanol–water partition coefficient (Wildman–Crippen LogP) is 4.45. The Morgan fingerprint density at radius 1 is 1.00 bits per heavy atom. The summed E-state index contributed by atoms with van der Waals surface area (Å²) < 4.78 is 11.2. The zero-order chi connectivity index (χ0) is 16.8. The Balaban J connectivity index is 1.51. The molecule has 0 N–H and O–H groups in total. The van der Waals surface area contributed by atoms with Crippen molar-refractivity contribution >= 4 is 5.97 Å². The van der Waals surface area contributed by atoms with Gasteiger partial charge in [-0.05, 0) is 24.0 Å². The molecule has 0 aromatic heterocycles. The molecule has 2 aromatic rings. The Hall–Kier alpha value is -2.39. The molecule has 0 unspecified atom stereocenters. The van der Waals surface area contributed by atoms with Crippen LogP contribution in [0.1, 0.15) is 30.1 Å². The van der Waals surface area contributed by atoms with Gasteiger partial charge in [0.2, 0.25) is 0 Å². The van der Waals surface area contributed by atoms with Gasteiger partial charge >= 0.3 is 5.97 Å². The standard InChI is InChI=1S/C21H22O3/c1-16-19(13-8-14-23-15-17-9-4-2-5-10-17)20(24-21(16)22)18-11-6-3-7-12-18/h2-7,9-12,19-20H,1,8,13-15H2/t19-,20-/m1/s1. The third-order valence-corrected chi connectivity index (χ3v) is 4.35. The summed E-state index contributed by atoms with van der Waals surface area (Å²) in [4.78, 5) is 11.9. The molecule has 0 radical (unpaired) electrons. The Morgan fingerprint density at radius 3 is 2.38 bits per heavy atom. The summed E-state index contributed by atoms with van der Waals surface area (Å²) in [6.45, 7) is 5.20. The number of rotatable bonds is 7. The van der Waals surface area contributed by atoms with Crippen molar-refractivity contribution in [2.45, 2.75) is 25.6 Å². The molecular formula is C21H22O3. The number of carbonyl (C=O) groups is 1. The summed E-state index contributed by atoms with van der Waals surface area (Å²) in [5.74, 6) is -0.251. The minimum atomic E-state index is -0.279. The van der Waals surface area contributed by atoms with E-state index in [2.05, 4.69) is 18.7 Å². The molecule has 0 amide bonds. The number of ether oxygens (including phenoxy) is 2. The van der Waals surface area contributed by atoms with Crippen LogP contribution in [0.4, 0.5) is 0 Å². The summed E-state index contributed by atoms with van der Waals surface area (Å²) >= 11 is 0. The zero-order valence-corrected chi connectivity index (χ0v) is 13.7. The van der Waals surface area contributed by atoms with E-state index >= 15 is 0 Å². The van der Waals surface area contributed by atoms with E-state index in [9.17, 15) is 4.79 Å². The van der Waals surface area contributed by atoms with Crippen molar-refractivity contribution in [1.82, 2.24) is 0 Å². The molecule has 2 atom stereocenters. The van der Waals surface area contributed by atoms with E-state index in [-0.39, 0.29) is 18.0 Å². The van der Waals surface area contributed by atoms with Crippen molar-refractivity contribution in [3.63, 3.8) is 0 Å². The van der Waals surface area contributed by atoms with Gasteiger partial charge in [-0.1, -0.05) is 67.2 Å². The number of benzene rings is 2. The molecule has 2 aromatic carbocycles. The van der Waals surface area contributed by atoms with Crippen LogP contribution in [-0.4, -0.2) is 12.6 Å². The van der Waals surface area contributed by atoms with E-state index in [0.29, 0.717) is 18.8 Å². The van der Waals surface area contributed by atoms with Crippen molar-refractivity contribution < 1.29 is 14.3 Å². The molecular weight excluding hydrogens is 300 g/mol. The van der Waals surface area contributed by atoms with E-state index in [1.165, 1.54) is 5.56 Å². The van der Waals surface area contributed by atoms with Gasteiger partial charge in [0.15, 0.2) is 0 Å². The highest BCUT2D eigenvalue weighted by Gasteiger charge is 2.38. The first-order chi connectivity index (χ1) is 11.8. The number of cyclic esters (lactones) is 1. The normalized spacial score (nSPS) is 20.2. The third kappa shape index (κ3) is 3.92. The second kappa shape index (κ2) is 7.93. The maximum Gasteiger partial charge on any atom is 0.334 e. The van der Waals surface area contributed by atoms with Crippen LogP contribution in [0.25, 0.3) is 0 Å². The van der Waals surface area contributed by atoms with Crippen LogP contribution in [0.5, 0.6) is 0 Å². The van der Waals surface area contributed by atoms with Gasteiger partial charge in [-0.25, -0.2) is 4.79 Å². The van der Waals surface area contributed by atoms with Gasteiger partial charge in [0.1, 0.15) is 6.10 Å². The van der Waals surface area contributed by atoms with Crippen LogP contribution < -0.4 is 0 Å². The van der Waals surface area contributed by atoms with Crippen molar-refractivity contribution in [1.29, 1.82) is 0 Å². The quantitative estimate of drug-likeness (QED) is 0.429. The maximum absolute atomic E-state index is 11.9. The topological polar surface area (TPSA) is 35.5 Å². The first-order valence-corrected chi connectivity index (χ1v) is 8.32. The second-order valence-corrected chi connectivity index (χ2v) is 6.05. The Morgan fingerprint density at radius 2 is 1.67 bits per heavy atom. The molecule has 1 heterocycles. The van der Waals surface area contributed by atoms with E-state index in [1.54, 1.807) is 0 Å². The fourth-order valence-corrected chi connectivity index (χ4v) is 3.05.